The van der Waals surface area contributed by atoms with Crippen molar-refractivity contribution in [1.29, 1.82) is 0 Å². The van der Waals surface area contributed by atoms with Crippen molar-refractivity contribution in [3.05, 3.63) is 79.4 Å². The van der Waals surface area contributed by atoms with Gasteiger partial charge in [0.15, 0.2) is 5.65 Å². The number of pyridine rings is 1. The quantitative estimate of drug-likeness (QED) is 0.559. The number of nitrogens with zero attached hydrogens (tertiary/aromatic N) is 2. The highest BCUT2D eigenvalue weighted by atomic mass is 16.4. The Hall–Kier alpha value is -3.88. The molecule has 0 fully saturated rings. The normalized spacial score (nSPS) is 11.1. The summed E-state index contributed by atoms with van der Waals surface area (Å²) in [4.78, 5) is 43.1. The number of fused-ring (bicyclic) bond motifs is 1. The van der Waals surface area contributed by atoms with Gasteiger partial charge >= 0.3 is 11.3 Å². The van der Waals surface area contributed by atoms with Crippen LogP contribution in [0.15, 0.2) is 59.8 Å². The van der Waals surface area contributed by atoms with E-state index in [9.17, 15) is 19.5 Å². The molecular formula is C18H13N3O6. The second-order valence-electron chi connectivity index (χ2n) is 5.90. The summed E-state index contributed by atoms with van der Waals surface area (Å²) in [5, 5.41) is 10.3. The molecule has 4 rings (SSSR count). The molecule has 4 aromatic heterocycles. The second-order valence-corrected chi connectivity index (χ2v) is 5.90. The maximum atomic E-state index is 12.3. The van der Waals surface area contributed by atoms with Crippen LogP contribution in [0.25, 0.3) is 22.3 Å². The van der Waals surface area contributed by atoms with E-state index >= 15 is 0 Å². The van der Waals surface area contributed by atoms with Crippen LogP contribution in [0.1, 0.15) is 11.5 Å². The number of H-pyrrole nitrogens is 1. The molecule has 0 amide bonds. The van der Waals surface area contributed by atoms with Gasteiger partial charge < -0.3 is 13.9 Å². The number of nitrogens with one attached hydrogen (secondary N) is 1. The van der Waals surface area contributed by atoms with Gasteiger partial charge in [0.1, 0.15) is 22.8 Å². The molecule has 0 bridgehead atoms. The van der Waals surface area contributed by atoms with Crippen molar-refractivity contribution < 1.29 is 13.9 Å². The first-order chi connectivity index (χ1) is 12.9. The van der Waals surface area contributed by atoms with E-state index in [0.717, 1.165) is 0 Å². The number of furan rings is 1. The minimum absolute atomic E-state index is 0.0318. The number of aryl methyl sites for hydroxylation is 1. The average Bonchev–Trinajstić information content (AvgIpc) is 3.10. The summed E-state index contributed by atoms with van der Waals surface area (Å²) in [6.07, 6.45) is 1.46. The van der Waals surface area contributed by atoms with E-state index in [1.807, 2.05) is 0 Å². The van der Waals surface area contributed by atoms with Gasteiger partial charge in [-0.15, -0.1) is 0 Å². The molecule has 0 aliphatic carbocycles. The van der Waals surface area contributed by atoms with Gasteiger partial charge in [-0.25, -0.2) is 14.6 Å². The molecule has 4 aromatic rings. The zero-order chi connectivity index (χ0) is 19.1. The van der Waals surface area contributed by atoms with E-state index < -0.39 is 16.9 Å². The van der Waals surface area contributed by atoms with Crippen LogP contribution in [0.3, 0.4) is 0 Å². The number of aromatic hydroxyl groups is 1. The maximum Gasteiger partial charge on any atom is 0.349 e. The van der Waals surface area contributed by atoms with Crippen molar-refractivity contribution in [2.45, 2.75) is 13.5 Å². The minimum Gasteiger partial charge on any atom is -0.507 e. The maximum absolute atomic E-state index is 12.3. The lowest BCUT2D eigenvalue weighted by atomic mass is 10.1. The van der Waals surface area contributed by atoms with Crippen LogP contribution < -0.4 is 16.9 Å². The number of aromatic amines is 1. The van der Waals surface area contributed by atoms with Crippen molar-refractivity contribution in [2.24, 2.45) is 0 Å². The minimum atomic E-state index is -0.774. The first-order valence-electron chi connectivity index (χ1n) is 7.94. The lowest BCUT2D eigenvalue weighted by Crippen LogP contribution is -2.31. The molecule has 0 saturated heterocycles. The van der Waals surface area contributed by atoms with Crippen molar-refractivity contribution in [1.82, 2.24) is 14.5 Å². The highest BCUT2D eigenvalue weighted by Crippen LogP contribution is 2.25. The van der Waals surface area contributed by atoms with Crippen LogP contribution >= 0.6 is 0 Å². The monoisotopic (exact) mass is 367 g/mol. The summed E-state index contributed by atoms with van der Waals surface area (Å²) < 4.78 is 11.5. The average molecular weight is 367 g/mol. The molecule has 0 radical (unpaired) electrons. The molecule has 0 aromatic carbocycles. The van der Waals surface area contributed by atoms with Gasteiger partial charge in [0.25, 0.3) is 5.56 Å². The Kier molecular flexibility index (Phi) is 3.76. The van der Waals surface area contributed by atoms with E-state index in [2.05, 4.69) is 9.97 Å². The fourth-order valence-electron chi connectivity index (χ4n) is 2.84. The van der Waals surface area contributed by atoms with Gasteiger partial charge in [-0.2, -0.15) is 0 Å². The van der Waals surface area contributed by atoms with Crippen LogP contribution in [-0.4, -0.2) is 19.6 Å². The van der Waals surface area contributed by atoms with Gasteiger partial charge in [0.2, 0.25) is 0 Å². The topological polar surface area (TPSA) is 131 Å². The predicted octanol–water partition coefficient (Wildman–Crippen LogP) is 1.36. The van der Waals surface area contributed by atoms with Gasteiger partial charge in [-0.3, -0.25) is 14.3 Å². The summed E-state index contributed by atoms with van der Waals surface area (Å²) >= 11 is 0. The van der Waals surface area contributed by atoms with Gasteiger partial charge in [0.05, 0.1) is 23.9 Å². The van der Waals surface area contributed by atoms with Crippen molar-refractivity contribution in [3.8, 4) is 17.0 Å². The lowest BCUT2D eigenvalue weighted by Gasteiger charge is -2.09. The summed E-state index contributed by atoms with van der Waals surface area (Å²) in [7, 11) is 0. The van der Waals surface area contributed by atoms with E-state index in [1.54, 1.807) is 12.1 Å². The van der Waals surface area contributed by atoms with Crippen molar-refractivity contribution in [2.75, 3.05) is 0 Å². The summed E-state index contributed by atoms with van der Waals surface area (Å²) in [5.74, 6) is 0.420. The number of hydrogen-bond acceptors (Lipinski definition) is 7. The Balaban J connectivity index is 2.00. The van der Waals surface area contributed by atoms with E-state index in [1.165, 1.54) is 36.0 Å². The molecule has 4 heterocycles. The van der Waals surface area contributed by atoms with Crippen LogP contribution in [0.2, 0.25) is 0 Å². The first-order valence-corrected chi connectivity index (χ1v) is 7.94. The van der Waals surface area contributed by atoms with Gasteiger partial charge in [-0.05, 0) is 31.2 Å². The molecule has 0 spiro atoms. The zero-order valence-corrected chi connectivity index (χ0v) is 14.1. The third-order valence-electron chi connectivity index (χ3n) is 4.05. The largest absolute Gasteiger partial charge is 0.507 e. The molecule has 9 heteroatoms. The lowest BCUT2D eigenvalue weighted by molar-refractivity contribution is 0.438. The van der Waals surface area contributed by atoms with Crippen molar-refractivity contribution >= 4 is 11.0 Å². The van der Waals surface area contributed by atoms with Crippen molar-refractivity contribution in [3.63, 3.8) is 0 Å². The molecule has 27 heavy (non-hydrogen) atoms. The highest BCUT2D eigenvalue weighted by Gasteiger charge is 2.17. The Morgan fingerprint density at radius 1 is 1.22 bits per heavy atom. The molecule has 136 valence electrons. The molecule has 0 aliphatic rings. The van der Waals surface area contributed by atoms with Crippen LogP contribution in [-0.2, 0) is 6.54 Å². The Labute approximate surface area is 150 Å². The molecule has 9 nitrogen and oxygen atoms in total. The molecule has 2 N–H and O–H groups in total. The first kappa shape index (κ1) is 16.6. The molecule has 0 aliphatic heterocycles. The van der Waals surface area contributed by atoms with Crippen LogP contribution in [0, 0.1) is 6.92 Å². The van der Waals surface area contributed by atoms with Gasteiger partial charge in [-0.1, -0.05) is 0 Å². The summed E-state index contributed by atoms with van der Waals surface area (Å²) in [5.41, 5.74) is -2.08. The second kappa shape index (κ2) is 6.13. The third-order valence-corrected chi connectivity index (χ3v) is 4.05. The number of rotatable bonds is 3. The van der Waals surface area contributed by atoms with Crippen LogP contribution in [0.5, 0.6) is 5.75 Å². The Morgan fingerprint density at radius 3 is 2.74 bits per heavy atom. The van der Waals surface area contributed by atoms with E-state index in [0.29, 0.717) is 5.76 Å². The molecular weight excluding hydrogens is 354 g/mol. The third kappa shape index (κ3) is 2.84. The Bertz CT molecular complexity index is 1330. The zero-order valence-electron chi connectivity index (χ0n) is 14.1. The van der Waals surface area contributed by atoms with Crippen LogP contribution in [0.4, 0.5) is 0 Å². The number of aromatic nitrogens is 3. The standard InChI is InChI=1S/C18H13N3O6/c1-9-7-13(22)14(17(24)27-9)12-5-4-11-15(19-12)21(18(25)20-16(11)23)8-10-3-2-6-26-10/h2-7,22H,8H2,1H3,(H,20,23,25). The van der Waals surface area contributed by atoms with E-state index in [4.69, 9.17) is 8.83 Å². The number of hydrogen-bond donors (Lipinski definition) is 2. The molecule has 0 atom stereocenters. The summed E-state index contributed by atoms with van der Waals surface area (Å²) in [6, 6.07) is 7.46. The fourth-order valence-corrected chi connectivity index (χ4v) is 2.84. The van der Waals surface area contributed by atoms with Gasteiger partial charge in [0, 0.05) is 6.07 Å². The SMILES string of the molecule is Cc1cc(O)c(-c2ccc3c(=O)[nH]c(=O)n(Cc4ccco4)c3n2)c(=O)o1. The van der Waals surface area contributed by atoms with E-state index in [-0.39, 0.29) is 40.3 Å². The molecule has 0 saturated carbocycles. The smallest absolute Gasteiger partial charge is 0.349 e. The Morgan fingerprint density at radius 2 is 2.04 bits per heavy atom. The fraction of sp³-hybridized carbons (Fsp3) is 0.111. The predicted molar refractivity (Wildman–Crippen MR) is 94.8 cm³/mol. The summed E-state index contributed by atoms with van der Waals surface area (Å²) in [6.45, 7) is 1.56. The molecule has 0 unspecified atom stereocenters. The highest BCUT2D eigenvalue weighted by molar-refractivity contribution is 5.78.